The van der Waals surface area contributed by atoms with Crippen molar-refractivity contribution in [2.24, 2.45) is 0 Å². The molecule has 0 unspecified atom stereocenters. The molecule has 0 aliphatic carbocycles. The van der Waals surface area contributed by atoms with Gasteiger partial charge in [-0.3, -0.25) is 9.44 Å². The van der Waals surface area contributed by atoms with E-state index in [9.17, 15) is 57.8 Å². The number of benzene rings is 6. The van der Waals surface area contributed by atoms with Gasteiger partial charge in [0, 0.05) is 34.3 Å². The summed E-state index contributed by atoms with van der Waals surface area (Å²) >= 11 is 11.5. The number of hydrogen-bond donors (Lipinski definition) is 6. The zero-order chi connectivity index (χ0) is 41.0. The summed E-state index contributed by atoms with van der Waals surface area (Å²) < 4.78 is 126. The molecule has 0 radical (unpaired) electrons. The molecule has 0 saturated heterocycles. The Labute approximate surface area is 384 Å². The van der Waals surface area contributed by atoms with E-state index in [1.54, 1.807) is 0 Å². The van der Waals surface area contributed by atoms with Crippen molar-refractivity contribution in [2.45, 2.75) is 19.6 Å². The number of amides is 2. The number of fused-ring (bicyclic) bond motifs is 2. The topological polar surface area (TPSA) is 288 Å². The molecule has 6 aromatic carbocycles. The minimum Gasteiger partial charge on any atom is -0.744 e. The predicted molar refractivity (Wildman–Crippen MR) is 204 cm³/mol. The summed E-state index contributed by atoms with van der Waals surface area (Å²) in [5.41, 5.74) is -0.343. The quantitative estimate of drug-likeness (QED) is 0.0766. The van der Waals surface area contributed by atoms with Gasteiger partial charge in [0.1, 0.15) is 31.7 Å². The number of anilines is 4. The zero-order valence-corrected chi connectivity index (χ0v) is 38.3. The molecule has 292 valence electrons. The van der Waals surface area contributed by atoms with Gasteiger partial charge in [0.15, 0.2) is 0 Å². The first-order valence-corrected chi connectivity index (χ1v) is 21.7. The Bertz CT molecular complexity index is 2900. The SMILES string of the molecule is O=C(Nc1ccc2c(O)cc(S(=O)(=O)Nc3ccc(Cl)c(S(=O)(=O)[O-])c3)cc2c1)Nc1ccc2c(O)cc(S(=O)(=O)Nc3ccc(Cl)c(S(=O)(=O)[O-])c3)cc2c1.[Na+].[Na+]. The minimum absolute atomic E-state index is 0. The smallest absolute Gasteiger partial charge is 0.744 e. The van der Waals surface area contributed by atoms with E-state index in [4.69, 9.17) is 23.2 Å². The number of phenols is 2. The molecule has 0 atom stereocenters. The third-order valence-electron chi connectivity index (χ3n) is 7.85. The number of carbonyl (C=O) groups is 1. The van der Waals surface area contributed by atoms with Crippen LogP contribution in [0.25, 0.3) is 21.5 Å². The van der Waals surface area contributed by atoms with E-state index in [0.717, 1.165) is 60.7 Å². The van der Waals surface area contributed by atoms with Crippen molar-refractivity contribution in [3.8, 4) is 11.5 Å². The minimum atomic E-state index is -5.04. The van der Waals surface area contributed by atoms with Gasteiger partial charge in [-0.25, -0.2) is 38.5 Å². The van der Waals surface area contributed by atoms with Gasteiger partial charge in [-0.1, -0.05) is 23.2 Å². The van der Waals surface area contributed by atoms with Crippen LogP contribution in [0.15, 0.2) is 117 Å². The molecule has 6 N–H and O–H groups in total. The molecule has 6 aromatic rings. The number of phenolic OH excluding ortho intramolecular Hbond substituents is 2. The van der Waals surface area contributed by atoms with Gasteiger partial charge < -0.3 is 30.0 Å². The molecule has 0 saturated carbocycles. The molecule has 0 aliphatic rings. The van der Waals surface area contributed by atoms with Gasteiger partial charge >= 0.3 is 65.1 Å². The second-order valence-electron chi connectivity index (χ2n) is 11.7. The maximum absolute atomic E-state index is 13.2. The fourth-order valence-electron chi connectivity index (χ4n) is 5.35. The Morgan fingerprint density at radius 2 is 0.845 bits per heavy atom. The van der Waals surface area contributed by atoms with Crippen molar-refractivity contribution >= 4 is 114 Å². The average molecular weight is 928 g/mol. The Morgan fingerprint density at radius 1 is 0.500 bits per heavy atom. The third kappa shape index (κ3) is 10.7. The van der Waals surface area contributed by atoms with E-state index < -0.39 is 87.4 Å². The molecule has 6 rings (SSSR count). The van der Waals surface area contributed by atoms with E-state index in [0.29, 0.717) is 0 Å². The van der Waals surface area contributed by atoms with Crippen LogP contribution < -0.4 is 79.2 Å². The first-order valence-electron chi connectivity index (χ1n) is 15.2. The van der Waals surface area contributed by atoms with Gasteiger partial charge in [0.05, 0.1) is 41.0 Å². The van der Waals surface area contributed by atoms with Gasteiger partial charge in [-0.05, 0) is 95.7 Å². The Balaban J connectivity index is 0.00000372. The van der Waals surface area contributed by atoms with E-state index in [-0.39, 0.29) is 103 Å². The maximum atomic E-state index is 13.2. The summed E-state index contributed by atoms with van der Waals surface area (Å²) in [6.45, 7) is 0. The van der Waals surface area contributed by atoms with Crippen LogP contribution in [0.4, 0.5) is 27.5 Å². The molecule has 17 nitrogen and oxygen atoms in total. The largest absolute Gasteiger partial charge is 1.00 e. The molecular formula is C33H22Cl2N4Na2O13S4. The normalized spacial score (nSPS) is 11.9. The van der Waals surface area contributed by atoms with E-state index in [1.165, 1.54) is 36.4 Å². The molecule has 58 heavy (non-hydrogen) atoms. The van der Waals surface area contributed by atoms with Crippen LogP contribution in [0.2, 0.25) is 10.0 Å². The molecule has 0 bridgehead atoms. The number of hydrogen-bond acceptors (Lipinski definition) is 13. The van der Waals surface area contributed by atoms with Crippen molar-refractivity contribution in [1.29, 1.82) is 0 Å². The van der Waals surface area contributed by atoms with E-state index in [2.05, 4.69) is 20.1 Å². The number of halogens is 2. The summed E-state index contributed by atoms with van der Waals surface area (Å²) in [5, 5.41) is 26.2. The van der Waals surface area contributed by atoms with Crippen molar-refractivity contribution in [3.05, 3.63) is 107 Å². The maximum Gasteiger partial charge on any atom is 1.00 e. The van der Waals surface area contributed by atoms with Gasteiger partial charge in [-0.2, -0.15) is 0 Å². The van der Waals surface area contributed by atoms with E-state index >= 15 is 0 Å². The van der Waals surface area contributed by atoms with Gasteiger partial charge in [0.25, 0.3) is 20.0 Å². The summed E-state index contributed by atoms with van der Waals surface area (Å²) in [6, 6.07) is 17.4. The van der Waals surface area contributed by atoms with Crippen LogP contribution in [0.1, 0.15) is 0 Å². The molecule has 0 aliphatic heterocycles. The van der Waals surface area contributed by atoms with E-state index in [1.807, 2.05) is 0 Å². The summed E-state index contributed by atoms with van der Waals surface area (Å²) in [6.07, 6.45) is 0. The number of carbonyl (C=O) groups excluding carboxylic acids is 1. The van der Waals surface area contributed by atoms with Crippen LogP contribution in [0.3, 0.4) is 0 Å². The number of rotatable bonds is 10. The molecule has 0 fully saturated rings. The first kappa shape index (κ1) is 47.3. The standard InChI is InChI=1S/C33H24Cl2N4O13S4.2Na/c34-27-7-3-21(13-31(27)55(47,48)49)38-53(43,44)23-11-17-9-19(1-5-25(17)29(40)15-23)36-33(42)37-20-2-6-26-18(10-20)12-24(16-30(26)41)54(45,46)39-22-4-8-28(35)32(14-22)56(50,51)52;;/h1-16,38-41H,(H2,36,37,42)(H,47,48,49)(H,50,51,52);;/q;2*+1/p-2. The predicted octanol–water partition coefficient (Wildman–Crippen LogP) is -0.227. The second-order valence-corrected chi connectivity index (χ2v) is 18.6. The Morgan fingerprint density at radius 3 is 1.19 bits per heavy atom. The van der Waals surface area contributed by atoms with Crippen LogP contribution in [-0.4, -0.2) is 59.0 Å². The van der Waals surface area contributed by atoms with Gasteiger partial charge in [0.2, 0.25) is 0 Å². The van der Waals surface area contributed by atoms with Crippen LogP contribution >= 0.6 is 23.2 Å². The average Bonchev–Trinajstić information content (AvgIpc) is 3.08. The molecule has 0 spiro atoms. The number of nitrogens with one attached hydrogen (secondary N) is 4. The third-order valence-corrected chi connectivity index (χ3v) is 13.2. The zero-order valence-electron chi connectivity index (χ0n) is 29.5. The fraction of sp³-hybridized carbons (Fsp3) is 0. The summed E-state index contributed by atoms with van der Waals surface area (Å²) in [4.78, 5) is 10.4. The molecular weight excluding hydrogens is 906 g/mol. The van der Waals surface area contributed by atoms with Crippen molar-refractivity contribution in [2.75, 3.05) is 20.1 Å². The molecule has 0 heterocycles. The number of urea groups is 1. The first-order chi connectivity index (χ1) is 26.0. The van der Waals surface area contributed by atoms with Crippen molar-refractivity contribution in [1.82, 2.24) is 0 Å². The molecule has 25 heteroatoms. The van der Waals surface area contributed by atoms with Crippen molar-refractivity contribution in [3.63, 3.8) is 0 Å². The van der Waals surface area contributed by atoms with Crippen LogP contribution in [0.5, 0.6) is 11.5 Å². The fourth-order valence-corrected chi connectivity index (χ4v) is 9.52. The summed E-state index contributed by atoms with van der Waals surface area (Å²) in [7, 11) is -19.0. The molecule has 2 amide bonds. The Hall–Kier alpha value is -3.39. The molecule has 0 aromatic heterocycles. The van der Waals surface area contributed by atoms with Crippen molar-refractivity contribution < 1.29 is 117 Å². The van der Waals surface area contributed by atoms with Crippen LogP contribution in [-0.2, 0) is 40.3 Å². The monoisotopic (exact) mass is 926 g/mol. The number of aromatic hydroxyl groups is 2. The summed E-state index contributed by atoms with van der Waals surface area (Å²) in [5.74, 6) is -0.913. The Kier molecular flexibility index (Phi) is 14.4. The number of sulfonamides is 2. The second kappa shape index (κ2) is 17.7. The van der Waals surface area contributed by atoms with Crippen LogP contribution in [0, 0.1) is 0 Å². The van der Waals surface area contributed by atoms with Gasteiger partial charge in [-0.15, -0.1) is 0 Å².